The minimum absolute atomic E-state index is 0.0184. The van der Waals surface area contributed by atoms with Crippen LogP contribution in [0.4, 0.5) is 0 Å². The van der Waals surface area contributed by atoms with Crippen LogP contribution in [0.1, 0.15) is 62.3 Å². The van der Waals surface area contributed by atoms with Crippen LogP contribution in [0, 0.1) is 13.8 Å². The van der Waals surface area contributed by atoms with Gasteiger partial charge in [-0.3, -0.25) is 4.90 Å². The molecule has 1 aliphatic rings. The second-order valence-corrected chi connectivity index (χ2v) is 6.95. The van der Waals surface area contributed by atoms with Crippen LogP contribution in [-0.4, -0.2) is 23.5 Å². The predicted molar refractivity (Wildman–Crippen MR) is 87.0 cm³/mol. The monoisotopic (exact) mass is 274 g/mol. The normalized spacial score (nSPS) is 19.6. The number of benzene rings is 1. The molecule has 112 valence electrons. The van der Waals surface area contributed by atoms with Crippen LogP contribution in [-0.2, 0) is 0 Å². The Kier molecular flexibility index (Phi) is 4.87. The van der Waals surface area contributed by atoms with Gasteiger partial charge in [0.2, 0.25) is 0 Å². The largest absolute Gasteiger partial charge is 0.322 e. The fourth-order valence-corrected chi connectivity index (χ4v) is 3.44. The molecule has 0 spiro atoms. The van der Waals surface area contributed by atoms with Crippen molar-refractivity contribution in [3.63, 3.8) is 0 Å². The van der Waals surface area contributed by atoms with Crippen molar-refractivity contribution in [1.82, 2.24) is 4.90 Å². The van der Waals surface area contributed by atoms with E-state index in [-0.39, 0.29) is 11.6 Å². The third kappa shape index (κ3) is 3.42. The van der Waals surface area contributed by atoms with E-state index in [9.17, 15) is 0 Å². The fourth-order valence-electron chi connectivity index (χ4n) is 3.44. The average molecular weight is 274 g/mol. The third-order valence-corrected chi connectivity index (χ3v) is 4.79. The summed E-state index contributed by atoms with van der Waals surface area (Å²) >= 11 is 0. The molecule has 1 saturated heterocycles. The summed E-state index contributed by atoms with van der Waals surface area (Å²) in [6.45, 7) is 11.3. The Bertz CT molecular complexity index is 422. The topological polar surface area (TPSA) is 29.3 Å². The predicted octanol–water partition coefficient (Wildman–Crippen LogP) is 3.96. The van der Waals surface area contributed by atoms with Crippen LogP contribution < -0.4 is 5.73 Å². The zero-order valence-electron chi connectivity index (χ0n) is 13.6. The molecule has 1 fully saturated rings. The zero-order valence-corrected chi connectivity index (χ0v) is 13.6. The van der Waals surface area contributed by atoms with Crippen LogP contribution in [0.2, 0.25) is 0 Å². The molecule has 0 bridgehead atoms. The molecule has 1 atom stereocenters. The molecule has 0 amide bonds. The summed E-state index contributed by atoms with van der Waals surface area (Å²) in [6.07, 6.45) is 5.35. The number of likely N-dealkylation sites (tertiary alicyclic amines) is 1. The van der Waals surface area contributed by atoms with Gasteiger partial charge in [0.05, 0.1) is 0 Å². The summed E-state index contributed by atoms with van der Waals surface area (Å²) in [5.74, 6) is 0. The maximum Gasteiger partial charge on any atom is 0.0476 e. The van der Waals surface area contributed by atoms with Gasteiger partial charge in [0.1, 0.15) is 0 Å². The number of rotatable bonds is 3. The lowest BCUT2D eigenvalue weighted by atomic mass is 9.86. The fraction of sp³-hybridized carbons (Fsp3) is 0.667. The van der Waals surface area contributed by atoms with Crippen LogP contribution in [0.15, 0.2) is 18.2 Å². The Morgan fingerprint density at radius 1 is 0.950 bits per heavy atom. The Labute approximate surface area is 124 Å². The average Bonchev–Trinajstić information content (AvgIpc) is 2.65. The van der Waals surface area contributed by atoms with Gasteiger partial charge in [-0.05, 0) is 59.2 Å². The number of nitrogens with zero attached hydrogens (tertiary/aromatic N) is 1. The van der Waals surface area contributed by atoms with Crippen molar-refractivity contribution in [2.45, 2.75) is 65.0 Å². The van der Waals surface area contributed by atoms with Gasteiger partial charge in [-0.15, -0.1) is 0 Å². The highest BCUT2D eigenvalue weighted by molar-refractivity contribution is 5.32. The molecular weight excluding hydrogens is 244 g/mol. The van der Waals surface area contributed by atoms with Crippen molar-refractivity contribution < 1.29 is 0 Å². The van der Waals surface area contributed by atoms with Gasteiger partial charge in [0.25, 0.3) is 0 Å². The first-order valence-corrected chi connectivity index (χ1v) is 8.00. The van der Waals surface area contributed by atoms with E-state index in [0.717, 1.165) is 0 Å². The van der Waals surface area contributed by atoms with Crippen molar-refractivity contribution in [2.24, 2.45) is 5.73 Å². The molecule has 2 rings (SSSR count). The molecule has 2 nitrogen and oxygen atoms in total. The van der Waals surface area contributed by atoms with E-state index < -0.39 is 0 Å². The second kappa shape index (κ2) is 6.28. The molecular formula is C18H30N2. The number of hydrogen-bond donors (Lipinski definition) is 1. The Hall–Kier alpha value is -0.860. The van der Waals surface area contributed by atoms with Gasteiger partial charge in [-0.25, -0.2) is 0 Å². The quantitative estimate of drug-likeness (QED) is 0.904. The summed E-state index contributed by atoms with van der Waals surface area (Å²) in [5, 5.41) is 0. The maximum atomic E-state index is 6.65. The summed E-state index contributed by atoms with van der Waals surface area (Å²) in [7, 11) is 0. The lowest BCUT2D eigenvalue weighted by Crippen LogP contribution is -2.51. The van der Waals surface area contributed by atoms with E-state index in [1.807, 2.05) is 0 Å². The van der Waals surface area contributed by atoms with Crippen molar-refractivity contribution in [3.8, 4) is 0 Å². The zero-order chi connectivity index (χ0) is 14.8. The Morgan fingerprint density at radius 2 is 1.45 bits per heavy atom. The van der Waals surface area contributed by atoms with Gasteiger partial charge >= 0.3 is 0 Å². The van der Waals surface area contributed by atoms with Crippen LogP contribution in [0.5, 0.6) is 0 Å². The van der Waals surface area contributed by atoms with Crippen LogP contribution in [0.25, 0.3) is 0 Å². The smallest absolute Gasteiger partial charge is 0.0476 e. The van der Waals surface area contributed by atoms with Gasteiger partial charge in [0.15, 0.2) is 0 Å². The molecule has 0 aromatic heterocycles. The molecule has 1 aromatic rings. The lowest BCUT2D eigenvalue weighted by molar-refractivity contribution is 0.0980. The van der Waals surface area contributed by atoms with Crippen LogP contribution >= 0.6 is 0 Å². The molecule has 1 heterocycles. The van der Waals surface area contributed by atoms with Crippen molar-refractivity contribution in [3.05, 3.63) is 34.9 Å². The van der Waals surface area contributed by atoms with E-state index in [1.165, 1.54) is 55.5 Å². The molecule has 1 aliphatic heterocycles. The van der Waals surface area contributed by atoms with E-state index in [4.69, 9.17) is 5.73 Å². The van der Waals surface area contributed by atoms with Crippen molar-refractivity contribution in [1.29, 1.82) is 0 Å². The minimum Gasteiger partial charge on any atom is -0.322 e. The van der Waals surface area contributed by atoms with E-state index in [0.29, 0.717) is 0 Å². The highest BCUT2D eigenvalue weighted by atomic mass is 15.2. The molecule has 0 aliphatic carbocycles. The maximum absolute atomic E-state index is 6.65. The second-order valence-electron chi connectivity index (χ2n) is 6.95. The molecule has 2 N–H and O–H groups in total. The van der Waals surface area contributed by atoms with E-state index >= 15 is 0 Å². The SMILES string of the molecule is Cc1cc(C)cc(C(N)C(C)(C)N2CCCCCC2)c1. The van der Waals surface area contributed by atoms with Crippen molar-refractivity contribution in [2.75, 3.05) is 13.1 Å². The van der Waals surface area contributed by atoms with Crippen molar-refractivity contribution >= 4 is 0 Å². The number of nitrogens with two attached hydrogens (primary N) is 1. The molecule has 0 radical (unpaired) electrons. The first-order valence-electron chi connectivity index (χ1n) is 8.00. The summed E-state index contributed by atoms with van der Waals surface area (Å²) in [4.78, 5) is 2.60. The molecule has 20 heavy (non-hydrogen) atoms. The van der Waals surface area contributed by atoms with Crippen LogP contribution in [0.3, 0.4) is 0 Å². The molecule has 1 unspecified atom stereocenters. The third-order valence-electron chi connectivity index (χ3n) is 4.79. The Balaban J connectivity index is 2.22. The molecule has 1 aromatic carbocycles. The molecule has 2 heteroatoms. The molecule has 0 saturated carbocycles. The van der Waals surface area contributed by atoms with Gasteiger partial charge in [0, 0.05) is 11.6 Å². The highest BCUT2D eigenvalue weighted by Crippen LogP contribution is 2.31. The van der Waals surface area contributed by atoms with Gasteiger partial charge < -0.3 is 5.73 Å². The summed E-state index contributed by atoms with van der Waals surface area (Å²) < 4.78 is 0. The van der Waals surface area contributed by atoms with E-state index in [1.54, 1.807) is 0 Å². The highest BCUT2D eigenvalue weighted by Gasteiger charge is 2.34. The number of aryl methyl sites for hydroxylation is 2. The summed E-state index contributed by atoms with van der Waals surface area (Å²) in [5.41, 5.74) is 10.6. The minimum atomic E-state index is 0.0184. The van der Waals surface area contributed by atoms with Gasteiger partial charge in [-0.1, -0.05) is 42.2 Å². The lowest BCUT2D eigenvalue weighted by Gasteiger charge is -2.42. The Morgan fingerprint density at radius 3 is 1.95 bits per heavy atom. The first-order chi connectivity index (χ1) is 9.41. The van der Waals surface area contributed by atoms with Gasteiger partial charge in [-0.2, -0.15) is 0 Å². The standard InChI is InChI=1S/C18H30N2/c1-14-11-15(2)13-16(12-14)17(19)18(3,4)20-9-7-5-6-8-10-20/h11-13,17H,5-10,19H2,1-4H3. The first kappa shape index (κ1) is 15.5. The van der Waals surface area contributed by atoms with E-state index in [2.05, 4.69) is 50.8 Å². The summed E-state index contributed by atoms with van der Waals surface area (Å²) in [6, 6.07) is 6.78. The number of hydrogen-bond acceptors (Lipinski definition) is 2.